The largest absolute Gasteiger partial charge is 0.378 e. The fourth-order valence-corrected chi connectivity index (χ4v) is 3.02. The van der Waals surface area contributed by atoms with E-state index in [1.54, 1.807) is 22.8 Å². The molecular formula is C20H26N4O2. The van der Waals surface area contributed by atoms with Crippen LogP contribution in [-0.2, 0) is 11.3 Å². The zero-order valence-electron chi connectivity index (χ0n) is 15.3. The maximum absolute atomic E-state index is 12.5. The van der Waals surface area contributed by atoms with Crippen LogP contribution in [0.2, 0.25) is 0 Å². The highest BCUT2D eigenvalue weighted by Crippen LogP contribution is 2.16. The van der Waals surface area contributed by atoms with Gasteiger partial charge in [-0.05, 0) is 31.2 Å². The summed E-state index contributed by atoms with van der Waals surface area (Å²) in [5.74, 6) is -0.0981. The summed E-state index contributed by atoms with van der Waals surface area (Å²) in [6.45, 7) is 2.09. The van der Waals surface area contributed by atoms with E-state index in [9.17, 15) is 4.79 Å². The van der Waals surface area contributed by atoms with Crippen molar-refractivity contribution >= 4 is 12.0 Å². The summed E-state index contributed by atoms with van der Waals surface area (Å²) in [5.41, 5.74) is 1.51. The predicted octanol–water partition coefficient (Wildman–Crippen LogP) is 3.02. The fourth-order valence-electron chi connectivity index (χ4n) is 3.02. The second-order valence-electron chi connectivity index (χ2n) is 6.64. The number of amides is 1. The second kappa shape index (κ2) is 9.29. The zero-order valence-corrected chi connectivity index (χ0v) is 15.3. The Morgan fingerprint density at radius 1 is 1.35 bits per heavy atom. The van der Waals surface area contributed by atoms with E-state index in [1.807, 2.05) is 42.5 Å². The number of carbonyl (C=O) groups is 1. The lowest BCUT2D eigenvalue weighted by Gasteiger charge is -2.24. The quantitative estimate of drug-likeness (QED) is 0.767. The molecule has 0 spiro atoms. The van der Waals surface area contributed by atoms with Crippen LogP contribution in [-0.4, -0.2) is 52.1 Å². The molecule has 0 aliphatic carbocycles. The van der Waals surface area contributed by atoms with Gasteiger partial charge >= 0.3 is 0 Å². The molecule has 1 aliphatic rings. The van der Waals surface area contributed by atoms with Gasteiger partial charge in [0, 0.05) is 20.2 Å². The molecule has 0 radical (unpaired) electrons. The minimum Gasteiger partial charge on any atom is -0.378 e. The van der Waals surface area contributed by atoms with Crippen LogP contribution in [0.5, 0.6) is 0 Å². The SMILES string of the molecule is CN(CC[C@H]1CCCCO1)C(=O)c1cn(C/C=C/c2ccccc2)nn1. The van der Waals surface area contributed by atoms with Gasteiger partial charge in [-0.1, -0.05) is 47.7 Å². The minimum atomic E-state index is -0.0981. The molecule has 0 saturated carbocycles. The molecule has 1 aromatic carbocycles. The van der Waals surface area contributed by atoms with E-state index in [1.165, 1.54) is 6.42 Å². The molecule has 0 N–H and O–H groups in total. The first-order valence-electron chi connectivity index (χ1n) is 9.21. The molecular weight excluding hydrogens is 328 g/mol. The number of nitrogens with zero attached hydrogens (tertiary/aromatic N) is 4. The maximum Gasteiger partial charge on any atom is 0.275 e. The molecule has 3 rings (SSSR count). The average molecular weight is 354 g/mol. The van der Waals surface area contributed by atoms with Gasteiger partial charge in [-0.3, -0.25) is 4.79 Å². The van der Waals surface area contributed by atoms with Crippen LogP contribution in [0.1, 0.15) is 41.7 Å². The van der Waals surface area contributed by atoms with E-state index in [-0.39, 0.29) is 12.0 Å². The minimum absolute atomic E-state index is 0.0981. The van der Waals surface area contributed by atoms with Crippen molar-refractivity contribution in [3.63, 3.8) is 0 Å². The number of aromatic nitrogens is 3. The molecule has 26 heavy (non-hydrogen) atoms. The lowest BCUT2D eigenvalue weighted by atomic mass is 10.1. The van der Waals surface area contributed by atoms with E-state index in [4.69, 9.17) is 4.74 Å². The van der Waals surface area contributed by atoms with Crippen molar-refractivity contribution in [2.75, 3.05) is 20.2 Å². The van der Waals surface area contributed by atoms with E-state index < -0.39 is 0 Å². The number of hydrogen-bond donors (Lipinski definition) is 0. The van der Waals surface area contributed by atoms with Crippen LogP contribution in [0.3, 0.4) is 0 Å². The van der Waals surface area contributed by atoms with Crippen LogP contribution in [0, 0.1) is 0 Å². The zero-order chi connectivity index (χ0) is 18.2. The van der Waals surface area contributed by atoms with Crippen molar-refractivity contribution in [3.05, 3.63) is 53.9 Å². The van der Waals surface area contributed by atoms with Crippen LogP contribution in [0.25, 0.3) is 6.08 Å². The molecule has 1 fully saturated rings. The van der Waals surface area contributed by atoms with Gasteiger partial charge in [-0.15, -0.1) is 5.10 Å². The Labute approximate surface area is 154 Å². The Balaban J connectivity index is 1.48. The van der Waals surface area contributed by atoms with Crippen molar-refractivity contribution < 1.29 is 9.53 Å². The Kier molecular flexibility index (Phi) is 6.55. The Hall–Kier alpha value is -2.47. The monoisotopic (exact) mass is 354 g/mol. The van der Waals surface area contributed by atoms with Gasteiger partial charge < -0.3 is 9.64 Å². The van der Waals surface area contributed by atoms with Gasteiger partial charge in [0.05, 0.1) is 18.8 Å². The van der Waals surface area contributed by atoms with Gasteiger partial charge in [0.2, 0.25) is 0 Å². The van der Waals surface area contributed by atoms with E-state index in [0.29, 0.717) is 18.8 Å². The summed E-state index contributed by atoms with van der Waals surface area (Å²) >= 11 is 0. The maximum atomic E-state index is 12.5. The average Bonchev–Trinajstić information content (AvgIpc) is 3.16. The molecule has 0 bridgehead atoms. The van der Waals surface area contributed by atoms with E-state index in [2.05, 4.69) is 10.3 Å². The van der Waals surface area contributed by atoms with Crippen LogP contribution in [0.15, 0.2) is 42.6 Å². The third kappa shape index (κ3) is 5.26. The van der Waals surface area contributed by atoms with Crippen LogP contribution < -0.4 is 0 Å². The fraction of sp³-hybridized carbons (Fsp3) is 0.450. The molecule has 1 amide bonds. The highest BCUT2D eigenvalue weighted by molar-refractivity contribution is 5.91. The number of carbonyl (C=O) groups excluding carboxylic acids is 1. The summed E-state index contributed by atoms with van der Waals surface area (Å²) in [7, 11) is 1.81. The number of allylic oxidation sites excluding steroid dienone is 1. The lowest BCUT2D eigenvalue weighted by Crippen LogP contribution is -2.31. The van der Waals surface area contributed by atoms with Crippen molar-refractivity contribution in [3.8, 4) is 0 Å². The van der Waals surface area contributed by atoms with Crippen molar-refractivity contribution in [2.24, 2.45) is 0 Å². The molecule has 2 aromatic rings. The molecule has 0 unspecified atom stereocenters. The second-order valence-corrected chi connectivity index (χ2v) is 6.64. The molecule has 2 heterocycles. The van der Waals surface area contributed by atoms with Gasteiger partial charge in [-0.2, -0.15) is 0 Å². The third-order valence-electron chi connectivity index (χ3n) is 4.57. The molecule has 1 aromatic heterocycles. The highest BCUT2D eigenvalue weighted by Gasteiger charge is 2.19. The van der Waals surface area contributed by atoms with Crippen LogP contribution >= 0.6 is 0 Å². The topological polar surface area (TPSA) is 60.2 Å². The number of rotatable bonds is 7. The number of ether oxygens (including phenoxy) is 1. The first kappa shape index (κ1) is 18.3. The van der Waals surface area contributed by atoms with Gasteiger partial charge in [0.1, 0.15) is 0 Å². The van der Waals surface area contributed by atoms with Gasteiger partial charge in [0.25, 0.3) is 5.91 Å². The smallest absolute Gasteiger partial charge is 0.275 e. The Morgan fingerprint density at radius 2 is 2.19 bits per heavy atom. The number of benzene rings is 1. The van der Waals surface area contributed by atoms with Gasteiger partial charge in [0.15, 0.2) is 5.69 Å². The predicted molar refractivity (Wildman–Crippen MR) is 101 cm³/mol. The van der Waals surface area contributed by atoms with Crippen LogP contribution in [0.4, 0.5) is 0 Å². The Morgan fingerprint density at radius 3 is 2.96 bits per heavy atom. The van der Waals surface area contributed by atoms with Crippen molar-refractivity contribution in [2.45, 2.75) is 38.3 Å². The standard InChI is InChI=1S/C20H26N4O2/c1-23(14-12-18-11-5-6-15-26-18)20(25)19-16-24(22-21-19)13-7-10-17-8-3-2-4-9-17/h2-4,7-10,16,18H,5-6,11-15H2,1H3/b10-7+/t18-/m1/s1. The van der Waals surface area contributed by atoms with Crippen molar-refractivity contribution in [1.29, 1.82) is 0 Å². The normalized spacial score (nSPS) is 17.5. The summed E-state index contributed by atoms with van der Waals surface area (Å²) < 4.78 is 7.39. The molecule has 1 atom stereocenters. The summed E-state index contributed by atoms with van der Waals surface area (Å²) in [6, 6.07) is 10.1. The molecule has 6 nitrogen and oxygen atoms in total. The third-order valence-corrected chi connectivity index (χ3v) is 4.57. The molecule has 1 saturated heterocycles. The first-order valence-corrected chi connectivity index (χ1v) is 9.21. The van der Waals surface area contributed by atoms with Gasteiger partial charge in [-0.25, -0.2) is 4.68 Å². The summed E-state index contributed by atoms with van der Waals surface area (Å²) in [6.07, 6.45) is 10.3. The first-order chi connectivity index (χ1) is 12.7. The van der Waals surface area contributed by atoms with E-state index >= 15 is 0 Å². The Bertz CT molecular complexity index is 720. The highest BCUT2D eigenvalue weighted by atomic mass is 16.5. The molecule has 138 valence electrons. The lowest BCUT2D eigenvalue weighted by molar-refractivity contribution is 0.00705. The summed E-state index contributed by atoms with van der Waals surface area (Å²) in [5, 5.41) is 8.06. The number of hydrogen-bond acceptors (Lipinski definition) is 4. The van der Waals surface area contributed by atoms with E-state index in [0.717, 1.165) is 31.4 Å². The molecule has 6 heteroatoms. The summed E-state index contributed by atoms with van der Waals surface area (Å²) in [4.78, 5) is 14.2. The molecule has 1 aliphatic heterocycles. The van der Waals surface area contributed by atoms with Crippen molar-refractivity contribution in [1.82, 2.24) is 19.9 Å².